The van der Waals surface area contributed by atoms with E-state index in [2.05, 4.69) is 25.1 Å². The fraction of sp³-hybridized carbons (Fsp3) is 0.167. The molecule has 8 nitrogen and oxygen atoms in total. The van der Waals surface area contributed by atoms with Gasteiger partial charge in [0.05, 0.1) is 5.75 Å². The normalized spacial score (nSPS) is 10.5. The van der Waals surface area contributed by atoms with E-state index in [4.69, 9.17) is 17.2 Å². The first-order chi connectivity index (χ1) is 7.63. The largest absolute Gasteiger partial charge is 0.374 e. The van der Waals surface area contributed by atoms with Crippen LogP contribution in [0.1, 0.15) is 5.82 Å². The van der Waals surface area contributed by atoms with Gasteiger partial charge < -0.3 is 17.2 Å². The highest BCUT2D eigenvalue weighted by Gasteiger charge is 2.06. The number of rotatable bonds is 3. The van der Waals surface area contributed by atoms with E-state index in [0.29, 0.717) is 16.7 Å². The van der Waals surface area contributed by atoms with Gasteiger partial charge in [0, 0.05) is 0 Å². The van der Waals surface area contributed by atoms with Crippen molar-refractivity contribution in [1.82, 2.24) is 25.1 Å². The molecule has 0 aliphatic carbocycles. The summed E-state index contributed by atoms with van der Waals surface area (Å²) in [7, 11) is 0. The first kappa shape index (κ1) is 10.8. The summed E-state index contributed by atoms with van der Waals surface area (Å²) in [5.74, 6) is 1.22. The molecule has 0 unspecified atom stereocenters. The van der Waals surface area contributed by atoms with Crippen LogP contribution >= 0.6 is 23.1 Å². The summed E-state index contributed by atoms with van der Waals surface area (Å²) in [4.78, 5) is 11.5. The van der Waals surface area contributed by atoms with Gasteiger partial charge in [-0.05, 0) is 0 Å². The monoisotopic (exact) mass is 256 g/mol. The van der Waals surface area contributed by atoms with Crippen molar-refractivity contribution in [3.63, 3.8) is 0 Å². The lowest BCUT2D eigenvalue weighted by Crippen LogP contribution is -2.05. The van der Waals surface area contributed by atoms with Gasteiger partial charge in [0.15, 0.2) is 4.34 Å². The van der Waals surface area contributed by atoms with Crippen molar-refractivity contribution >= 4 is 40.1 Å². The van der Waals surface area contributed by atoms with E-state index in [-0.39, 0.29) is 11.9 Å². The van der Waals surface area contributed by atoms with Gasteiger partial charge in [-0.2, -0.15) is 15.0 Å². The molecule has 0 aliphatic rings. The molecule has 0 aromatic carbocycles. The number of hydrogen-bond acceptors (Lipinski definition) is 10. The van der Waals surface area contributed by atoms with Crippen LogP contribution in [0.25, 0.3) is 0 Å². The third kappa shape index (κ3) is 2.67. The maximum absolute atomic E-state index is 5.45. The van der Waals surface area contributed by atoms with Crippen molar-refractivity contribution in [3.05, 3.63) is 5.82 Å². The lowest BCUT2D eigenvalue weighted by atomic mass is 10.7. The highest BCUT2D eigenvalue weighted by molar-refractivity contribution is 8.00. The van der Waals surface area contributed by atoms with Gasteiger partial charge in [0.25, 0.3) is 0 Å². The Morgan fingerprint density at radius 3 is 2.25 bits per heavy atom. The zero-order valence-electron chi connectivity index (χ0n) is 7.99. The molecule has 0 radical (unpaired) electrons. The third-order valence-corrected chi connectivity index (χ3v) is 3.34. The first-order valence-corrected chi connectivity index (χ1v) is 5.91. The van der Waals surface area contributed by atoms with E-state index >= 15 is 0 Å². The minimum Gasteiger partial charge on any atom is -0.374 e. The Morgan fingerprint density at radius 1 is 1.00 bits per heavy atom. The molecule has 6 N–H and O–H groups in total. The zero-order valence-corrected chi connectivity index (χ0v) is 9.62. The molecule has 0 amide bonds. The topological polar surface area (TPSA) is 143 Å². The van der Waals surface area contributed by atoms with Crippen LogP contribution in [0.4, 0.5) is 17.0 Å². The molecule has 84 valence electrons. The van der Waals surface area contributed by atoms with Crippen LogP contribution in [0.3, 0.4) is 0 Å². The predicted molar refractivity (Wildman–Crippen MR) is 62.5 cm³/mol. The second kappa shape index (κ2) is 4.45. The summed E-state index contributed by atoms with van der Waals surface area (Å²) in [6, 6.07) is 0. The second-order valence-electron chi connectivity index (χ2n) is 2.66. The number of hydrogen-bond donors (Lipinski definition) is 3. The van der Waals surface area contributed by atoms with E-state index in [0.717, 1.165) is 4.34 Å². The molecular formula is C6H8N8S2. The van der Waals surface area contributed by atoms with Crippen molar-refractivity contribution in [2.45, 2.75) is 10.1 Å². The molecule has 10 heteroatoms. The summed E-state index contributed by atoms with van der Waals surface area (Å²) >= 11 is 2.71. The van der Waals surface area contributed by atoms with Gasteiger partial charge in [-0.1, -0.05) is 23.1 Å². The summed E-state index contributed by atoms with van der Waals surface area (Å²) in [6.45, 7) is 0. The van der Waals surface area contributed by atoms with Gasteiger partial charge >= 0.3 is 0 Å². The molecule has 0 saturated heterocycles. The maximum atomic E-state index is 5.45. The van der Waals surface area contributed by atoms with Gasteiger partial charge in [-0.15, -0.1) is 10.2 Å². The Bertz CT molecular complexity index is 477. The first-order valence-electron chi connectivity index (χ1n) is 4.11. The van der Waals surface area contributed by atoms with E-state index in [1.54, 1.807) is 0 Å². The van der Waals surface area contributed by atoms with Crippen molar-refractivity contribution in [2.24, 2.45) is 0 Å². The Kier molecular flexibility index (Phi) is 3.01. The van der Waals surface area contributed by atoms with Gasteiger partial charge in [0.2, 0.25) is 17.0 Å². The minimum absolute atomic E-state index is 0.111. The lowest BCUT2D eigenvalue weighted by molar-refractivity contribution is 0.980. The number of nitrogens with zero attached hydrogens (tertiary/aromatic N) is 5. The minimum atomic E-state index is 0.111. The highest BCUT2D eigenvalue weighted by atomic mass is 32.2. The molecule has 0 saturated carbocycles. The quantitative estimate of drug-likeness (QED) is 0.634. The fourth-order valence-corrected chi connectivity index (χ4v) is 2.42. The molecule has 0 atom stereocenters. The van der Waals surface area contributed by atoms with E-state index in [9.17, 15) is 0 Å². The summed E-state index contributed by atoms with van der Waals surface area (Å²) < 4.78 is 0.745. The fourth-order valence-electron chi connectivity index (χ4n) is 0.926. The van der Waals surface area contributed by atoms with Crippen LogP contribution in [0.5, 0.6) is 0 Å². The smallest absolute Gasteiger partial charge is 0.225 e. The molecule has 0 aliphatic heterocycles. The average molecular weight is 256 g/mol. The second-order valence-corrected chi connectivity index (χ2v) is 4.89. The molecular weight excluding hydrogens is 248 g/mol. The summed E-state index contributed by atoms with van der Waals surface area (Å²) in [5, 5.41) is 7.96. The van der Waals surface area contributed by atoms with Crippen LogP contribution in [-0.2, 0) is 5.75 Å². The van der Waals surface area contributed by atoms with E-state index in [1.807, 2.05) is 0 Å². The number of nitrogen functional groups attached to an aromatic ring is 3. The van der Waals surface area contributed by atoms with E-state index in [1.165, 1.54) is 23.1 Å². The molecule has 2 rings (SSSR count). The molecule has 2 heterocycles. The van der Waals surface area contributed by atoms with Crippen LogP contribution in [-0.4, -0.2) is 25.1 Å². The Labute approximate surface area is 98.7 Å². The third-order valence-electron chi connectivity index (χ3n) is 1.46. The van der Waals surface area contributed by atoms with Gasteiger partial charge in [-0.3, -0.25) is 0 Å². The standard InChI is InChI=1S/C6H8N8S2/c7-3-10-2(11-4(8)12-3)1-15-6-14-13-5(9)16-6/h1H2,(H2,9,13)(H4,7,8,10,11,12). The Morgan fingerprint density at radius 2 is 1.69 bits per heavy atom. The molecule has 0 bridgehead atoms. The number of thioether (sulfide) groups is 1. The summed E-state index contributed by atoms with van der Waals surface area (Å²) in [6.07, 6.45) is 0. The van der Waals surface area contributed by atoms with Crippen LogP contribution < -0.4 is 17.2 Å². The van der Waals surface area contributed by atoms with Crippen LogP contribution in [0.15, 0.2) is 4.34 Å². The van der Waals surface area contributed by atoms with Crippen molar-refractivity contribution < 1.29 is 0 Å². The zero-order chi connectivity index (χ0) is 11.5. The molecule has 0 spiro atoms. The maximum Gasteiger partial charge on any atom is 0.225 e. The van der Waals surface area contributed by atoms with E-state index < -0.39 is 0 Å². The average Bonchev–Trinajstić information content (AvgIpc) is 2.60. The lowest BCUT2D eigenvalue weighted by Gasteiger charge is -1.99. The highest BCUT2D eigenvalue weighted by Crippen LogP contribution is 2.25. The molecule has 2 aromatic rings. The van der Waals surface area contributed by atoms with Crippen molar-refractivity contribution in [1.29, 1.82) is 0 Å². The Hall–Kier alpha value is -1.68. The summed E-state index contributed by atoms with van der Waals surface area (Å²) in [5.41, 5.74) is 16.3. The molecule has 0 fully saturated rings. The Balaban J connectivity index is 2.04. The number of aromatic nitrogens is 5. The van der Waals surface area contributed by atoms with Gasteiger partial charge in [0.1, 0.15) is 5.82 Å². The SMILES string of the molecule is Nc1nc(N)nc(CSc2nnc(N)s2)n1. The number of anilines is 3. The number of nitrogens with two attached hydrogens (primary N) is 3. The predicted octanol–water partition coefficient (Wildman–Crippen LogP) is -0.238. The van der Waals surface area contributed by atoms with Crippen molar-refractivity contribution in [3.8, 4) is 0 Å². The van der Waals surface area contributed by atoms with Crippen LogP contribution in [0.2, 0.25) is 0 Å². The molecule has 16 heavy (non-hydrogen) atoms. The van der Waals surface area contributed by atoms with Gasteiger partial charge in [-0.25, -0.2) is 0 Å². The molecule has 2 aromatic heterocycles. The van der Waals surface area contributed by atoms with Crippen molar-refractivity contribution in [2.75, 3.05) is 17.2 Å². The van der Waals surface area contributed by atoms with Crippen LogP contribution in [0, 0.1) is 0 Å².